The van der Waals surface area contributed by atoms with Crippen LogP contribution in [0.25, 0.3) is 0 Å². The fraction of sp³-hybridized carbons (Fsp3) is 0.300. The van der Waals surface area contributed by atoms with E-state index >= 15 is 0 Å². The van der Waals surface area contributed by atoms with Gasteiger partial charge in [-0.1, -0.05) is 23.4 Å². The molecule has 1 fully saturated rings. The Balaban J connectivity index is 1.75. The normalized spacial score (nSPS) is 21.7. The third kappa shape index (κ3) is 2.33. The molecule has 0 bridgehead atoms. The molecule has 0 aliphatic carbocycles. The van der Waals surface area contributed by atoms with E-state index in [-0.39, 0.29) is 11.8 Å². The minimum Gasteiger partial charge on any atom is -0.271 e. The third-order valence-corrected chi connectivity index (χ3v) is 5.07. The molecule has 2 aliphatic rings. The highest BCUT2D eigenvalue weighted by Gasteiger charge is 2.55. The van der Waals surface area contributed by atoms with Crippen LogP contribution >= 0.6 is 0 Å². The van der Waals surface area contributed by atoms with Gasteiger partial charge in [0, 0.05) is 0 Å². The Morgan fingerprint density at radius 1 is 0.923 bits per heavy atom. The van der Waals surface area contributed by atoms with Crippen molar-refractivity contribution in [1.82, 2.24) is 0 Å². The van der Waals surface area contributed by atoms with Crippen molar-refractivity contribution in [3.05, 3.63) is 58.7 Å². The van der Waals surface area contributed by atoms with Crippen LogP contribution in [-0.4, -0.2) is 23.9 Å². The van der Waals surface area contributed by atoms with E-state index in [1.54, 1.807) is 5.01 Å². The SMILES string of the molecule is Cc1cc(C)cc(N2C(=O)[C@H]3N=NN(c4cccc(C)c4C)[C@@H]3C2=O)c1. The maximum absolute atomic E-state index is 13.1. The Morgan fingerprint density at radius 3 is 2.31 bits per heavy atom. The summed E-state index contributed by atoms with van der Waals surface area (Å²) in [5.41, 5.74) is 5.55. The second-order valence-electron chi connectivity index (χ2n) is 7.02. The first-order valence-electron chi connectivity index (χ1n) is 8.61. The number of benzene rings is 2. The zero-order chi connectivity index (χ0) is 18.6. The lowest BCUT2D eigenvalue weighted by atomic mass is 10.1. The fourth-order valence-corrected chi connectivity index (χ4v) is 3.68. The zero-order valence-electron chi connectivity index (χ0n) is 15.2. The van der Waals surface area contributed by atoms with E-state index in [1.807, 2.05) is 64.1 Å². The van der Waals surface area contributed by atoms with Gasteiger partial charge in [-0.25, -0.2) is 9.91 Å². The van der Waals surface area contributed by atoms with Crippen LogP contribution in [0.3, 0.4) is 0 Å². The largest absolute Gasteiger partial charge is 0.271 e. The van der Waals surface area contributed by atoms with Crippen molar-refractivity contribution in [3.63, 3.8) is 0 Å². The maximum Gasteiger partial charge on any atom is 0.263 e. The summed E-state index contributed by atoms with van der Waals surface area (Å²) in [6.45, 7) is 7.89. The molecular weight excluding hydrogens is 328 g/mol. The lowest BCUT2D eigenvalue weighted by Crippen LogP contribution is -2.40. The van der Waals surface area contributed by atoms with E-state index in [9.17, 15) is 9.59 Å². The van der Waals surface area contributed by atoms with Crippen LogP contribution in [-0.2, 0) is 9.59 Å². The molecule has 4 rings (SSSR count). The number of nitrogens with zero attached hydrogens (tertiary/aromatic N) is 4. The quantitative estimate of drug-likeness (QED) is 0.781. The Bertz CT molecular complexity index is 946. The average molecular weight is 348 g/mol. The first-order valence-corrected chi connectivity index (χ1v) is 8.61. The molecule has 0 unspecified atom stereocenters. The van der Waals surface area contributed by atoms with E-state index in [0.29, 0.717) is 5.69 Å². The number of anilines is 2. The molecule has 0 spiro atoms. The van der Waals surface area contributed by atoms with E-state index in [0.717, 1.165) is 27.9 Å². The van der Waals surface area contributed by atoms with E-state index in [4.69, 9.17) is 0 Å². The summed E-state index contributed by atoms with van der Waals surface area (Å²) in [6.07, 6.45) is 0. The number of imide groups is 1. The van der Waals surface area contributed by atoms with E-state index in [1.165, 1.54) is 4.90 Å². The average Bonchev–Trinajstić information content (AvgIpc) is 3.10. The molecule has 2 amide bonds. The fourth-order valence-electron chi connectivity index (χ4n) is 3.68. The molecule has 0 aromatic heterocycles. The Kier molecular flexibility index (Phi) is 3.64. The van der Waals surface area contributed by atoms with Gasteiger partial charge < -0.3 is 0 Å². The molecule has 0 saturated carbocycles. The van der Waals surface area contributed by atoms with E-state index in [2.05, 4.69) is 10.3 Å². The molecule has 1 saturated heterocycles. The zero-order valence-corrected chi connectivity index (χ0v) is 15.2. The number of rotatable bonds is 2. The van der Waals surface area contributed by atoms with Crippen LogP contribution in [0.4, 0.5) is 11.4 Å². The van der Waals surface area contributed by atoms with Crippen LogP contribution in [0, 0.1) is 27.7 Å². The van der Waals surface area contributed by atoms with Crippen LogP contribution in [0.1, 0.15) is 22.3 Å². The summed E-state index contributed by atoms with van der Waals surface area (Å²) in [6, 6.07) is 10.0. The van der Waals surface area contributed by atoms with Crippen LogP contribution in [0.2, 0.25) is 0 Å². The van der Waals surface area contributed by atoms with Crippen molar-refractivity contribution in [2.45, 2.75) is 39.8 Å². The molecule has 2 aromatic carbocycles. The van der Waals surface area contributed by atoms with Crippen LogP contribution < -0.4 is 9.91 Å². The predicted molar refractivity (Wildman–Crippen MR) is 99.2 cm³/mol. The van der Waals surface area contributed by atoms with Gasteiger partial charge in [0.05, 0.1) is 11.4 Å². The number of carbonyl (C=O) groups excluding carboxylic acids is 2. The molecule has 0 radical (unpaired) electrons. The summed E-state index contributed by atoms with van der Waals surface area (Å²) >= 11 is 0. The van der Waals surface area contributed by atoms with Gasteiger partial charge in [0.2, 0.25) is 0 Å². The molecule has 6 nitrogen and oxygen atoms in total. The summed E-state index contributed by atoms with van der Waals surface area (Å²) in [7, 11) is 0. The molecule has 2 heterocycles. The van der Waals surface area contributed by atoms with Gasteiger partial charge in [-0.2, -0.15) is 5.11 Å². The number of carbonyl (C=O) groups is 2. The molecule has 0 N–H and O–H groups in total. The molecule has 2 aliphatic heterocycles. The van der Waals surface area contributed by atoms with Crippen molar-refractivity contribution >= 4 is 23.2 Å². The molecule has 6 heteroatoms. The van der Waals surface area contributed by atoms with Gasteiger partial charge in [-0.3, -0.25) is 9.59 Å². The van der Waals surface area contributed by atoms with Crippen molar-refractivity contribution in [2.24, 2.45) is 10.3 Å². The van der Waals surface area contributed by atoms with Gasteiger partial charge in [-0.15, -0.1) is 0 Å². The van der Waals surface area contributed by atoms with E-state index < -0.39 is 12.1 Å². The highest BCUT2D eigenvalue weighted by Crippen LogP contribution is 2.37. The lowest BCUT2D eigenvalue weighted by molar-refractivity contribution is -0.121. The predicted octanol–water partition coefficient (Wildman–Crippen LogP) is 3.42. The standard InChI is InChI=1S/C20H20N4O2/c1-11-8-12(2)10-15(9-11)23-19(25)17-18(20(23)26)24(22-21-17)16-7-5-6-13(3)14(16)4/h5-10,17-18H,1-4H3/t17-,18-/m0/s1. The minimum absolute atomic E-state index is 0.282. The third-order valence-electron chi connectivity index (χ3n) is 5.07. The minimum atomic E-state index is -0.789. The molecular formula is C20H20N4O2. The second kappa shape index (κ2) is 5.76. The van der Waals surface area contributed by atoms with Crippen LogP contribution in [0.5, 0.6) is 0 Å². The van der Waals surface area contributed by atoms with Gasteiger partial charge in [0.15, 0.2) is 12.1 Å². The van der Waals surface area contributed by atoms with Gasteiger partial charge in [0.1, 0.15) is 0 Å². The number of aryl methyl sites for hydroxylation is 3. The Hall–Kier alpha value is -3.02. The topological polar surface area (TPSA) is 65.3 Å². The highest BCUT2D eigenvalue weighted by atomic mass is 16.2. The smallest absolute Gasteiger partial charge is 0.263 e. The van der Waals surface area contributed by atoms with Gasteiger partial charge in [-0.05, 0) is 68.1 Å². The number of fused-ring (bicyclic) bond motifs is 1. The first-order chi connectivity index (χ1) is 12.4. The Morgan fingerprint density at radius 2 is 1.62 bits per heavy atom. The van der Waals surface area contributed by atoms with Crippen molar-refractivity contribution in [2.75, 3.05) is 9.91 Å². The van der Waals surface area contributed by atoms with Crippen LogP contribution in [0.15, 0.2) is 46.7 Å². The Labute approximate surface area is 152 Å². The maximum atomic E-state index is 13.1. The second-order valence-corrected chi connectivity index (χ2v) is 7.02. The molecule has 2 aromatic rings. The number of hydrogen-bond acceptors (Lipinski definition) is 5. The molecule has 132 valence electrons. The van der Waals surface area contributed by atoms with Gasteiger partial charge >= 0.3 is 0 Å². The summed E-state index contributed by atoms with van der Waals surface area (Å²) in [5.74, 6) is -0.600. The summed E-state index contributed by atoms with van der Waals surface area (Å²) in [5, 5.41) is 9.86. The van der Waals surface area contributed by atoms with Crippen molar-refractivity contribution in [3.8, 4) is 0 Å². The first kappa shape index (κ1) is 16.4. The monoisotopic (exact) mass is 348 g/mol. The van der Waals surface area contributed by atoms with Crippen molar-refractivity contribution in [1.29, 1.82) is 0 Å². The summed E-state index contributed by atoms with van der Waals surface area (Å²) in [4.78, 5) is 27.3. The number of hydrogen-bond donors (Lipinski definition) is 0. The summed E-state index contributed by atoms with van der Waals surface area (Å²) < 4.78 is 0. The van der Waals surface area contributed by atoms with Crippen molar-refractivity contribution < 1.29 is 9.59 Å². The molecule has 2 atom stereocenters. The highest BCUT2D eigenvalue weighted by molar-refractivity contribution is 6.26. The lowest BCUT2D eigenvalue weighted by Gasteiger charge is -2.23. The number of amides is 2. The molecule has 26 heavy (non-hydrogen) atoms. The van der Waals surface area contributed by atoms with Gasteiger partial charge in [0.25, 0.3) is 11.8 Å².